The van der Waals surface area contributed by atoms with Gasteiger partial charge in [0.15, 0.2) is 5.65 Å². The van der Waals surface area contributed by atoms with E-state index in [2.05, 4.69) is 32.2 Å². The first-order valence-electron chi connectivity index (χ1n) is 12.7. The molecule has 13 heteroatoms. The lowest BCUT2D eigenvalue weighted by atomic mass is 9.95. The molecule has 3 aromatic heterocycles. The summed E-state index contributed by atoms with van der Waals surface area (Å²) in [5.74, 6) is 4.63. The quantitative estimate of drug-likeness (QED) is 0.359. The van der Waals surface area contributed by atoms with Crippen molar-refractivity contribution in [3.8, 4) is 11.8 Å². The van der Waals surface area contributed by atoms with Crippen LogP contribution in [0, 0.1) is 17.7 Å². The summed E-state index contributed by atoms with van der Waals surface area (Å²) in [5, 5.41) is 6.72. The van der Waals surface area contributed by atoms with Crippen molar-refractivity contribution in [2.24, 2.45) is 5.73 Å². The van der Waals surface area contributed by atoms with Crippen LogP contribution < -0.4 is 16.0 Å². The highest BCUT2D eigenvalue weighted by Gasteiger charge is 2.47. The molecule has 0 bridgehead atoms. The summed E-state index contributed by atoms with van der Waals surface area (Å²) in [7, 11) is 0. The number of anilines is 1. The van der Waals surface area contributed by atoms with E-state index in [0.29, 0.717) is 0 Å². The average Bonchev–Trinajstić information content (AvgIpc) is 3.42. The van der Waals surface area contributed by atoms with Gasteiger partial charge in [-0.25, -0.2) is 32.9 Å². The van der Waals surface area contributed by atoms with Gasteiger partial charge in [-0.15, -0.1) is 0 Å². The van der Waals surface area contributed by atoms with Gasteiger partial charge >= 0.3 is 12.1 Å². The van der Waals surface area contributed by atoms with Crippen molar-refractivity contribution < 1.29 is 27.8 Å². The van der Waals surface area contributed by atoms with E-state index < -0.39 is 41.4 Å². The average molecular weight is 556 g/mol. The summed E-state index contributed by atoms with van der Waals surface area (Å²) in [5.41, 5.74) is 5.11. The Morgan fingerprint density at radius 1 is 1.35 bits per heavy atom. The van der Waals surface area contributed by atoms with Crippen LogP contribution in [0.3, 0.4) is 0 Å². The lowest BCUT2D eigenvalue weighted by molar-refractivity contribution is 0.0512. The maximum absolute atomic E-state index is 15.0. The standard InChI is InChI=1S/C27H31F2N7O4/c1-6-39-24(37)19-14-32-36-10-9-22(34-23(19)36)35-15-18(29)12-27(35,30)20-11-17(28)13-31-21(20)8-7-16(2)33-25(38)40-26(3,4)5/h9-11,13-14,16,18H,6,12,15,30H2,1-5H3,(H,33,38)/t16-,18+,27-/m1/s1. The first-order valence-corrected chi connectivity index (χ1v) is 12.7. The van der Waals surface area contributed by atoms with Gasteiger partial charge in [0.25, 0.3) is 0 Å². The van der Waals surface area contributed by atoms with E-state index >= 15 is 0 Å². The Morgan fingerprint density at radius 2 is 2.10 bits per heavy atom. The van der Waals surface area contributed by atoms with Gasteiger partial charge in [0.05, 0.1) is 31.6 Å². The van der Waals surface area contributed by atoms with Crippen LogP contribution in [0.25, 0.3) is 5.65 Å². The number of alkyl halides is 1. The third-order valence-electron chi connectivity index (χ3n) is 5.98. The van der Waals surface area contributed by atoms with Gasteiger partial charge in [0.1, 0.15) is 40.3 Å². The smallest absolute Gasteiger partial charge is 0.408 e. The molecular formula is C27H31F2N7O4. The van der Waals surface area contributed by atoms with E-state index in [1.165, 1.54) is 15.6 Å². The largest absolute Gasteiger partial charge is 0.462 e. The predicted molar refractivity (Wildman–Crippen MR) is 142 cm³/mol. The zero-order valence-corrected chi connectivity index (χ0v) is 22.9. The van der Waals surface area contributed by atoms with Crippen LogP contribution in [0.2, 0.25) is 0 Å². The molecule has 3 aromatic rings. The molecule has 1 fully saturated rings. The Morgan fingerprint density at radius 3 is 2.80 bits per heavy atom. The summed E-state index contributed by atoms with van der Waals surface area (Å²) >= 11 is 0. The van der Waals surface area contributed by atoms with E-state index in [9.17, 15) is 18.4 Å². The predicted octanol–water partition coefficient (Wildman–Crippen LogP) is 3.06. The Bertz CT molecular complexity index is 1490. The van der Waals surface area contributed by atoms with Gasteiger partial charge in [-0.1, -0.05) is 5.92 Å². The molecule has 0 radical (unpaired) electrons. The molecule has 0 spiro atoms. The molecular weight excluding hydrogens is 524 g/mol. The zero-order chi connectivity index (χ0) is 29.2. The summed E-state index contributed by atoms with van der Waals surface area (Å²) in [6, 6.07) is 2.08. The lowest BCUT2D eigenvalue weighted by Crippen LogP contribution is -2.50. The number of nitrogens with two attached hydrogens (primary N) is 1. The van der Waals surface area contributed by atoms with Crippen LogP contribution >= 0.6 is 0 Å². The maximum atomic E-state index is 15.0. The first-order chi connectivity index (χ1) is 18.8. The Hall–Kier alpha value is -4.31. The molecule has 1 aliphatic heterocycles. The Kier molecular flexibility index (Phi) is 7.93. The minimum absolute atomic E-state index is 0.110. The summed E-state index contributed by atoms with van der Waals surface area (Å²) in [4.78, 5) is 34.6. The van der Waals surface area contributed by atoms with Gasteiger partial charge in [0, 0.05) is 18.2 Å². The third-order valence-corrected chi connectivity index (χ3v) is 5.98. The highest BCUT2D eigenvalue weighted by Crippen LogP contribution is 2.39. The van der Waals surface area contributed by atoms with Gasteiger partial charge in [-0.3, -0.25) is 0 Å². The Labute approximate surface area is 230 Å². The molecule has 3 N–H and O–H groups in total. The monoisotopic (exact) mass is 555 g/mol. The molecule has 0 aromatic carbocycles. The minimum Gasteiger partial charge on any atom is -0.462 e. The van der Waals surface area contributed by atoms with E-state index in [-0.39, 0.29) is 47.9 Å². The van der Waals surface area contributed by atoms with Crippen molar-refractivity contribution in [2.45, 2.75) is 64.5 Å². The van der Waals surface area contributed by atoms with E-state index in [4.69, 9.17) is 15.2 Å². The molecule has 1 aliphatic rings. The minimum atomic E-state index is -1.59. The van der Waals surface area contributed by atoms with Crippen LogP contribution in [0.4, 0.5) is 19.4 Å². The molecule has 4 heterocycles. The number of aromatic nitrogens is 4. The molecule has 40 heavy (non-hydrogen) atoms. The van der Waals surface area contributed by atoms with Gasteiger partial charge in [0.2, 0.25) is 0 Å². The van der Waals surface area contributed by atoms with Crippen molar-refractivity contribution in [2.75, 3.05) is 18.1 Å². The number of nitrogens with one attached hydrogen (secondary N) is 1. The third kappa shape index (κ3) is 6.12. The SMILES string of the molecule is CCOC(=O)c1cnn2ccc(N3C[C@@H](F)C[C@]3(N)c3cc(F)cnc3C#C[C@@H](C)NC(=O)OC(C)(C)C)nc12. The van der Waals surface area contributed by atoms with E-state index in [1.54, 1.807) is 46.9 Å². The highest BCUT2D eigenvalue weighted by atomic mass is 19.1. The fraction of sp³-hybridized carbons (Fsp3) is 0.444. The van der Waals surface area contributed by atoms with Crippen molar-refractivity contribution in [3.63, 3.8) is 0 Å². The molecule has 1 saturated heterocycles. The van der Waals surface area contributed by atoms with Crippen molar-refractivity contribution >= 4 is 23.5 Å². The second-order valence-corrected chi connectivity index (χ2v) is 10.4. The number of hydrogen-bond acceptors (Lipinski definition) is 9. The number of pyridine rings is 1. The number of halogens is 2. The van der Waals surface area contributed by atoms with Crippen molar-refractivity contribution in [1.82, 2.24) is 24.9 Å². The number of amides is 1. The van der Waals surface area contributed by atoms with Gasteiger partial charge in [-0.2, -0.15) is 5.10 Å². The number of nitrogens with zero attached hydrogens (tertiary/aromatic N) is 5. The van der Waals surface area contributed by atoms with Crippen LogP contribution in [-0.4, -0.2) is 62.6 Å². The fourth-order valence-electron chi connectivity index (χ4n) is 4.36. The van der Waals surface area contributed by atoms with Gasteiger partial charge < -0.3 is 25.4 Å². The molecule has 212 valence electrons. The molecule has 0 saturated carbocycles. The number of carbonyl (C=O) groups excluding carboxylic acids is 2. The number of alkyl carbamates (subject to hydrolysis) is 1. The number of hydrogen-bond donors (Lipinski definition) is 2. The number of fused-ring (bicyclic) bond motifs is 1. The molecule has 0 unspecified atom stereocenters. The summed E-state index contributed by atoms with van der Waals surface area (Å²) in [6.45, 7) is 8.55. The second-order valence-electron chi connectivity index (χ2n) is 10.4. The number of esters is 1. The second kappa shape index (κ2) is 11.1. The fourth-order valence-corrected chi connectivity index (χ4v) is 4.36. The van der Waals surface area contributed by atoms with Crippen LogP contribution in [0.5, 0.6) is 0 Å². The van der Waals surface area contributed by atoms with Gasteiger partial charge in [-0.05, 0) is 52.7 Å². The number of carbonyl (C=O) groups is 2. The molecule has 0 aliphatic carbocycles. The highest BCUT2D eigenvalue weighted by molar-refractivity contribution is 5.95. The molecule has 11 nitrogen and oxygen atoms in total. The van der Waals surface area contributed by atoms with Crippen molar-refractivity contribution in [3.05, 3.63) is 53.4 Å². The number of ether oxygens (including phenoxy) is 2. The summed E-state index contributed by atoms with van der Waals surface area (Å²) in [6.07, 6.45) is 1.64. The zero-order valence-electron chi connectivity index (χ0n) is 22.9. The topological polar surface area (TPSA) is 137 Å². The van der Waals surface area contributed by atoms with Crippen LogP contribution in [-0.2, 0) is 15.1 Å². The molecule has 1 amide bonds. The van der Waals surface area contributed by atoms with E-state index in [1.807, 2.05) is 0 Å². The summed E-state index contributed by atoms with van der Waals surface area (Å²) < 4.78 is 41.2. The Balaban J connectivity index is 1.70. The molecule has 4 rings (SSSR count). The lowest BCUT2D eigenvalue weighted by Gasteiger charge is -2.36. The van der Waals surface area contributed by atoms with Crippen molar-refractivity contribution in [1.29, 1.82) is 0 Å². The first kappa shape index (κ1) is 28.7. The number of rotatable bonds is 5. The van der Waals surface area contributed by atoms with Crippen LogP contribution in [0.15, 0.2) is 30.7 Å². The van der Waals surface area contributed by atoms with E-state index in [0.717, 1.165) is 12.3 Å². The van der Waals surface area contributed by atoms with Crippen LogP contribution in [0.1, 0.15) is 62.7 Å². The normalized spacial score (nSPS) is 19.6. The molecule has 3 atom stereocenters. The maximum Gasteiger partial charge on any atom is 0.408 e.